The van der Waals surface area contributed by atoms with Gasteiger partial charge in [-0.3, -0.25) is 14.9 Å². The number of nitrogens with zero attached hydrogens (tertiary/aromatic N) is 4. The SMILES string of the molecule is O=C(c1noc2cc(Nc3n[nH]c4cccnc34)ccc12)N1CCC(F)(F)C1. The number of amides is 1. The first-order chi connectivity index (χ1) is 13.5. The lowest BCUT2D eigenvalue weighted by atomic mass is 10.2. The summed E-state index contributed by atoms with van der Waals surface area (Å²) in [6.45, 7) is -0.599. The smallest absolute Gasteiger partial charge is 0.276 e. The van der Waals surface area contributed by atoms with Gasteiger partial charge in [-0.2, -0.15) is 5.10 Å². The average molecular weight is 384 g/mol. The molecule has 1 aliphatic heterocycles. The zero-order valence-electron chi connectivity index (χ0n) is 14.4. The van der Waals surface area contributed by atoms with E-state index >= 15 is 0 Å². The molecule has 142 valence electrons. The lowest BCUT2D eigenvalue weighted by molar-refractivity contribution is 0.0119. The van der Waals surface area contributed by atoms with Crippen LogP contribution in [-0.4, -0.2) is 50.2 Å². The Labute approximate surface area is 156 Å². The van der Waals surface area contributed by atoms with Crippen molar-refractivity contribution < 1.29 is 18.1 Å². The van der Waals surface area contributed by atoms with Crippen LogP contribution in [0.15, 0.2) is 41.1 Å². The van der Waals surface area contributed by atoms with Crippen LogP contribution >= 0.6 is 0 Å². The Kier molecular flexibility index (Phi) is 3.54. The first-order valence-electron chi connectivity index (χ1n) is 8.63. The Balaban J connectivity index is 1.43. The third kappa shape index (κ3) is 2.73. The van der Waals surface area contributed by atoms with Gasteiger partial charge in [0.1, 0.15) is 5.52 Å². The van der Waals surface area contributed by atoms with E-state index in [4.69, 9.17) is 4.52 Å². The molecular formula is C18H14F2N6O2. The first kappa shape index (κ1) is 16.6. The molecule has 0 radical (unpaired) electrons. The van der Waals surface area contributed by atoms with Crippen molar-refractivity contribution in [2.75, 3.05) is 18.4 Å². The molecule has 10 heteroatoms. The van der Waals surface area contributed by atoms with E-state index in [1.54, 1.807) is 30.5 Å². The van der Waals surface area contributed by atoms with E-state index in [1.165, 1.54) is 0 Å². The molecule has 1 aliphatic rings. The van der Waals surface area contributed by atoms with E-state index in [1.807, 2.05) is 6.07 Å². The molecule has 0 unspecified atom stereocenters. The predicted octanol–water partition coefficient (Wildman–Crippen LogP) is 3.32. The number of halogens is 2. The molecule has 2 N–H and O–H groups in total. The minimum absolute atomic E-state index is 0.000934. The number of hydrogen-bond donors (Lipinski definition) is 2. The van der Waals surface area contributed by atoms with Crippen LogP contribution in [0.1, 0.15) is 16.9 Å². The molecule has 1 amide bonds. The number of fused-ring (bicyclic) bond motifs is 2. The Hall–Kier alpha value is -3.56. The van der Waals surface area contributed by atoms with Crippen molar-refractivity contribution in [3.8, 4) is 0 Å². The van der Waals surface area contributed by atoms with E-state index in [9.17, 15) is 13.6 Å². The lowest BCUT2D eigenvalue weighted by Gasteiger charge is -2.14. The van der Waals surface area contributed by atoms with Gasteiger partial charge < -0.3 is 14.7 Å². The molecule has 0 bridgehead atoms. The normalized spacial score (nSPS) is 16.1. The second kappa shape index (κ2) is 5.98. The number of alkyl halides is 2. The summed E-state index contributed by atoms with van der Waals surface area (Å²) in [5.41, 5.74) is 2.54. The summed E-state index contributed by atoms with van der Waals surface area (Å²) in [7, 11) is 0. The van der Waals surface area contributed by atoms with Crippen LogP contribution < -0.4 is 5.32 Å². The summed E-state index contributed by atoms with van der Waals surface area (Å²) >= 11 is 0. The molecule has 1 aromatic carbocycles. The number of pyridine rings is 1. The highest BCUT2D eigenvalue weighted by Gasteiger charge is 2.41. The number of rotatable bonds is 3. The summed E-state index contributed by atoms with van der Waals surface area (Å²) < 4.78 is 32.1. The van der Waals surface area contributed by atoms with Crippen LogP contribution in [0.25, 0.3) is 22.0 Å². The Morgan fingerprint density at radius 3 is 3.04 bits per heavy atom. The highest BCUT2D eigenvalue weighted by atomic mass is 19.3. The van der Waals surface area contributed by atoms with Crippen LogP contribution in [0.2, 0.25) is 0 Å². The van der Waals surface area contributed by atoms with Gasteiger partial charge in [-0.1, -0.05) is 5.16 Å². The number of anilines is 2. The van der Waals surface area contributed by atoms with E-state index in [0.717, 1.165) is 10.4 Å². The second-order valence-electron chi connectivity index (χ2n) is 6.67. The van der Waals surface area contributed by atoms with Crippen molar-refractivity contribution in [2.24, 2.45) is 0 Å². The van der Waals surface area contributed by atoms with Gasteiger partial charge in [-0.25, -0.2) is 8.78 Å². The number of aromatic amines is 1. The molecule has 8 nitrogen and oxygen atoms in total. The van der Waals surface area contributed by atoms with Crippen molar-refractivity contribution in [3.63, 3.8) is 0 Å². The number of likely N-dealkylation sites (tertiary alicyclic amines) is 1. The van der Waals surface area contributed by atoms with Gasteiger partial charge in [0.2, 0.25) is 0 Å². The molecule has 0 spiro atoms. The highest BCUT2D eigenvalue weighted by molar-refractivity contribution is 6.04. The predicted molar refractivity (Wildman–Crippen MR) is 96.6 cm³/mol. The number of benzene rings is 1. The van der Waals surface area contributed by atoms with E-state index in [-0.39, 0.29) is 18.7 Å². The summed E-state index contributed by atoms with van der Waals surface area (Å²) in [5.74, 6) is -2.86. The van der Waals surface area contributed by atoms with Crippen LogP contribution in [0, 0.1) is 0 Å². The van der Waals surface area contributed by atoms with Gasteiger partial charge in [0.05, 0.1) is 17.4 Å². The third-order valence-electron chi connectivity index (χ3n) is 4.71. The molecule has 1 fully saturated rings. The van der Waals surface area contributed by atoms with Gasteiger partial charge in [0.25, 0.3) is 11.8 Å². The highest BCUT2D eigenvalue weighted by Crippen LogP contribution is 2.30. The maximum absolute atomic E-state index is 13.4. The number of aromatic nitrogens is 4. The summed E-state index contributed by atoms with van der Waals surface area (Å²) in [6.07, 6.45) is 1.33. The van der Waals surface area contributed by atoms with E-state index in [0.29, 0.717) is 28.0 Å². The molecule has 0 aliphatic carbocycles. The molecule has 1 saturated heterocycles. The van der Waals surface area contributed by atoms with Crippen molar-refractivity contribution in [3.05, 3.63) is 42.2 Å². The third-order valence-corrected chi connectivity index (χ3v) is 4.71. The Bertz CT molecular complexity index is 1200. The van der Waals surface area contributed by atoms with E-state index in [2.05, 4.69) is 25.7 Å². The molecule has 4 aromatic rings. The first-order valence-corrected chi connectivity index (χ1v) is 8.63. The van der Waals surface area contributed by atoms with Gasteiger partial charge in [-0.15, -0.1) is 0 Å². The zero-order chi connectivity index (χ0) is 19.3. The minimum atomic E-state index is -2.85. The summed E-state index contributed by atoms with van der Waals surface area (Å²) in [5, 5.41) is 14.5. The number of nitrogens with one attached hydrogen (secondary N) is 2. The maximum Gasteiger partial charge on any atom is 0.276 e. The van der Waals surface area contributed by atoms with Crippen LogP contribution in [0.4, 0.5) is 20.3 Å². The number of H-pyrrole nitrogens is 1. The van der Waals surface area contributed by atoms with Gasteiger partial charge >= 0.3 is 0 Å². The van der Waals surface area contributed by atoms with Crippen molar-refractivity contribution in [1.82, 2.24) is 25.2 Å². The minimum Gasteiger partial charge on any atom is -0.355 e. The number of hydrogen-bond acceptors (Lipinski definition) is 6. The molecule has 3 aromatic heterocycles. The fourth-order valence-electron chi connectivity index (χ4n) is 3.31. The molecule has 4 heterocycles. The molecule has 0 atom stereocenters. The summed E-state index contributed by atoms with van der Waals surface area (Å²) in [6, 6.07) is 8.73. The largest absolute Gasteiger partial charge is 0.355 e. The summed E-state index contributed by atoms with van der Waals surface area (Å²) in [4.78, 5) is 17.9. The molecule has 28 heavy (non-hydrogen) atoms. The standard InChI is InChI=1S/C18H14F2N6O2/c19-18(20)5-7-26(9-18)17(27)14-11-4-3-10(8-13(11)28-25-14)22-16-15-12(23-24-16)2-1-6-21-15/h1-4,6,8H,5,7,9H2,(H2,22,23,24). The fraction of sp³-hybridized carbons (Fsp3) is 0.222. The van der Waals surface area contributed by atoms with Crippen molar-refractivity contribution >= 4 is 39.4 Å². The monoisotopic (exact) mass is 384 g/mol. The van der Waals surface area contributed by atoms with Crippen LogP contribution in [-0.2, 0) is 0 Å². The van der Waals surface area contributed by atoms with Crippen LogP contribution in [0.3, 0.4) is 0 Å². The zero-order valence-corrected chi connectivity index (χ0v) is 14.4. The lowest BCUT2D eigenvalue weighted by Crippen LogP contribution is -2.31. The Morgan fingerprint density at radius 2 is 2.21 bits per heavy atom. The fourth-order valence-corrected chi connectivity index (χ4v) is 3.31. The van der Waals surface area contributed by atoms with Gasteiger partial charge in [-0.05, 0) is 24.3 Å². The topological polar surface area (TPSA) is 99.9 Å². The van der Waals surface area contributed by atoms with Gasteiger partial charge in [0, 0.05) is 30.9 Å². The van der Waals surface area contributed by atoms with Crippen molar-refractivity contribution in [1.29, 1.82) is 0 Å². The quantitative estimate of drug-likeness (QED) is 0.562. The molecule has 5 rings (SSSR count). The Morgan fingerprint density at radius 1 is 1.32 bits per heavy atom. The number of carbonyl (C=O) groups is 1. The average Bonchev–Trinajstić information content (AvgIpc) is 3.38. The molecule has 0 saturated carbocycles. The molecular weight excluding hydrogens is 370 g/mol. The van der Waals surface area contributed by atoms with Crippen molar-refractivity contribution in [2.45, 2.75) is 12.3 Å². The maximum atomic E-state index is 13.4. The van der Waals surface area contributed by atoms with Gasteiger partial charge in [0.15, 0.2) is 17.1 Å². The number of carbonyl (C=O) groups excluding carboxylic acids is 1. The second-order valence-corrected chi connectivity index (χ2v) is 6.67. The van der Waals surface area contributed by atoms with Crippen LogP contribution in [0.5, 0.6) is 0 Å². The van der Waals surface area contributed by atoms with E-state index < -0.39 is 18.4 Å².